The molecule has 0 aromatic heterocycles. The number of carbonyl (C=O) groups is 1. The van der Waals surface area contributed by atoms with Crippen LogP contribution in [-0.2, 0) is 4.79 Å². The first-order chi connectivity index (χ1) is 12.4. The van der Waals surface area contributed by atoms with E-state index >= 15 is 0 Å². The molecule has 1 aromatic carbocycles. The van der Waals surface area contributed by atoms with Gasteiger partial charge in [0.25, 0.3) is 5.91 Å². The number of carbonyl (C=O) groups excluding carboxylic acids is 1. The molecule has 0 unspecified atom stereocenters. The number of hydrogen-bond donors (Lipinski definition) is 1. The van der Waals surface area contributed by atoms with Gasteiger partial charge in [-0.15, -0.1) is 0 Å². The molecule has 0 spiro atoms. The average Bonchev–Trinajstić information content (AvgIpc) is 2.57. The molecule has 26 heavy (non-hydrogen) atoms. The van der Waals surface area contributed by atoms with Crippen LogP contribution in [0.5, 0.6) is 5.75 Å². The van der Waals surface area contributed by atoms with E-state index in [1.807, 2.05) is 0 Å². The highest BCUT2D eigenvalue weighted by molar-refractivity contribution is 6.30. The third-order valence-corrected chi connectivity index (χ3v) is 6.54. The zero-order valence-corrected chi connectivity index (χ0v) is 15.3. The summed E-state index contributed by atoms with van der Waals surface area (Å²) in [5.41, 5.74) is 0.0304. The third kappa shape index (κ3) is 3.52. The second kappa shape index (κ2) is 6.72. The molecule has 7 heteroatoms. The van der Waals surface area contributed by atoms with Crippen molar-refractivity contribution in [1.82, 2.24) is 5.32 Å². The fraction of sp³-hybridized carbons (Fsp3) is 0.632. The topological polar surface area (TPSA) is 81.5 Å². The smallest absolute Gasteiger partial charge is 0.312 e. The van der Waals surface area contributed by atoms with Crippen molar-refractivity contribution in [2.24, 2.45) is 23.2 Å². The minimum absolute atomic E-state index is 0.0596. The second-order valence-electron chi connectivity index (χ2n) is 8.35. The monoisotopic (exact) mass is 378 g/mol. The Hall–Kier alpha value is -1.82. The van der Waals surface area contributed by atoms with E-state index in [0.29, 0.717) is 6.54 Å². The van der Waals surface area contributed by atoms with Gasteiger partial charge in [-0.25, -0.2) is 0 Å². The molecular weight excluding hydrogens is 356 g/mol. The lowest BCUT2D eigenvalue weighted by atomic mass is 9.49. The van der Waals surface area contributed by atoms with Crippen LogP contribution in [0.3, 0.4) is 0 Å². The van der Waals surface area contributed by atoms with Crippen molar-refractivity contribution in [3.8, 4) is 5.75 Å². The fourth-order valence-corrected chi connectivity index (χ4v) is 5.91. The Labute approximate surface area is 157 Å². The summed E-state index contributed by atoms with van der Waals surface area (Å²) in [4.78, 5) is 22.7. The fourth-order valence-electron chi connectivity index (χ4n) is 5.74. The molecule has 4 aliphatic rings. The van der Waals surface area contributed by atoms with Gasteiger partial charge in [-0.1, -0.05) is 11.6 Å². The summed E-state index contributed by atoms with van der Waals surface area (Å²) in [6, 6.07) is 4.16. The predicted molar refractivity (Wildman–Crippen MR) is 97.2 cm³/mol. The quantitative estimate of drug-likeness (QED) is 0.600. The van der Waals surface area contributed by atoms with Gasteiger partial charge in [-0.2, -0.15) is 0 Å². The maximum absolute atomic E-state index is 12.2. The number of hydrogen-bond acceptors (Lipinski definition) is 4. The highest BCUT2D eigenvalue weighted by Crippen LogP contribution is 2.59. The van der Waals surface area contributed by atoms with E-state index in [1.165, 1.54) is 56.7 Å². The summed E-state index contributed by atoms with van der Waals surface area (Å²) in [7, 11) is 0. The summed E-state index contributed by atoms with van der Waals surface area (Å²) in [6.07, 6.45) is 7.79. The van der Waals surface area contributed by atoms with E-state index < -0.39 is 4.92 Å². The lowest BCUT2D eigenvalue weighted by Gasteiger charge is -2.56. The van der Waals surface area contributed by atoms with Crippen LogP contribution in [0, 0.1) is 33.3 Å². The highest BCUT2D eigenvalue weighted by Gasteiger charge is 2.50. The zero-order chi connectivity index (χ0) is 18.3. The SMILES string of the molecule is O=C(COc1ccc(Cl)cc1[N+](=O)[O-])NCC12CC3CC(CC(C3)C1)C2. The second-order valence-corrected chi connectivity index (χ2v) is 8.79. The van der Waals surface area contributed by atoms with E-state index in [9.17, 15) is 14.9 Å². The molecule has 4 fully saturated rings. The summed E-state index contributed by atoms with van der Waals surface area (Å²) < 4.78 is 5.37. The Kier molecular flexibility index (Phi) is 4.55. The van der Waals surface area contributed by atoms with Gasteiger partial charge in [0, 0.05) is 17.6 Å². The van der Waals surface area contributed by atoms with Gasteiger partial charge in [0.1, 0.15) is 0 Å². The van der Waals surface area contributed by atoms with Crippen LogP contribution < -0.4 is 10.1 Å². The van der Waals surface area contributed by atoms with Gasteiger partial charge in [0.2, 0.25) is 0 Å². The average molecular weight is 379 g/mol. The standard InChI is InChI=1S/C19H23ClN2O4/c20-15-1-2-17(16(6-15)22(24)25)26-10-18(23)21-11-19-7-12-3-13(8-19)5-14(4-12)9-19/h1-2,6,12-14H,3-5,7-11H2,(H,21,23). The summed E-state index contributed by atoms with van der Waals surface area (Å²) in [5, 5.41) is 14.3. The maximum Gasteiger partial charge on any atom is 0.312 e. The largest absolute Gasteiger partial charge is 0.477 e. The Balaban J connectivity index is 1.32. The van der Waals surface area contributed by atoms with E-state index in [4.69, 9.17) is 16.3 Å². The van der Waals surface area contributed by atoms with E-state index in [2.05, 4.69) is 5.32 Å². The van der Waals surface area contributed by atoms with Crippen molar-refractivity contribution >= 4 is 23.2 Å². The summed E-state index contributed by atoms with van der Waals surface area (Å²) in [5.74, 6) is 2.35. The zero-order valence-electron chi connectivity index (χ0n) is 14.6. The van der Waals surface area contributed by atoms with Gasteiger partial charge < -0.3 is 10.1 Å². The van der Waals surface area contributed by atoms with Crippen LogP contribution in [0.15, 0.2) is 18.2 Å². The van der Waals surface area contributed by atoms with E-state index in [1.54, 1.807) is 0 Å². The van der Waals surface area contributed by atoms with Crippen LogP contribution >= 0.6 is 11.6 Å². The number of halogens is 1. The minimum atomic E-state index is -0.561. The van der Waals surface area contributed by atoms with Crippen molar-refractivity contribution < 1.29 is 14.5 Å². The number of ether oxygens (including phenoxy) is 1. The third-order valence-electron chi connectivity index (χ3n) is 6.30. The molecule has 4 aliphatic carbocycles. The van der Waals surface area contributed by atoms with Gasteiger partial charge in [-0.3, -0.25) is 14.9 Å². The molecule has 1 amide bonds. The van der Waals surface area contributed by atoms with Crippen LogP contribution in [-0.4, -0.2) is 24.0 Å². The van der Waals surface area contributed by atoms with Crippen LogP contribution in [0.25, 0.3) is 0 Å². The number of rotatable bonds is 6. The predicted octanol–water partition coefficient (Wildman–Crippen LogP) is 3.96. The lowest BCUT2D eigenvalue weighted by Crippen LogP contribution is -2.51. The first-order valence-corrected chi connectivity index (χ1v) is 9.64. The highest BCUT2D eigenvalue weighted by atomic mass is 35.5. The van der Waals surface area contributed by atoms with Gasteiger partial charge in [0.05, 0.1) is 4.92 Å². The van der Waals surface area contributed by atoms with Crippen LogP contribution in [0.2, 0.25) is 5.02 Å². The lowest BCUT2D eigenvalue weighted by molar-refractivity contribution is -0.385. The molecule has 5 rings (SSSR count). The Morgan fingerprint density at radius 1 is 1.23 bits per heavy atom. The number of nitrogens with one attached hydrogen (secondary N) is 1. The molecule has 0 saturated heterocycles. The number of amides is 1. The first-order valence-electron chi connectivity index (χ1n) is 9.26. The number of benzene rings is 1. The van der Waals surface area contributed by atoms with Gasteiger partial charge in [-0.05, 0) is 73.8 Å². The molecular formula is C19H23ClN2O4. The van der Waals surface area contributed by atoms with Crippen molar-refractivity contribution in [2.45, 2.75) is 38.5 Å². The molecule has 0 aliphatic heterocycles. The maximum atomic E-state index is 12.2. The molecule has 4 bridgehead atoms. The Bertz CT molecular complexity index is 701. The number of nitrogens with zero attached hydrogens (tertiary/aromatic N) is 1. The van der Waals surface area contributed by atoms with Crippen LogP contribution in [0.1, 0.15) is 38.5 Å². The number of nitro benzene ring substituents is 1. The molecule has 0 radical (unpaired) electrons. The molecule has 140 valence electrons. The summed E-state index contributed by atoms with van der Waals surface area (Å²) in [6.45, 7) is 0.468. The van der Waals surface area contributed by atoms with E-state index in [0.717, 1.165) is 17.8 Å². The van der Waals surface area contributed by atoms with Crippen molar-refractivity contribution in [3.63, 3.8) is 0 Å². The Morgan fingerprint density at radius 3 is 2.42 bits per heavy atom. The number of nitro groups is 1. The van der Waals surface area contributed by atoms with Gasteiger partial charge in [0.15, 0.2) is 12.4 Å². The van der Waals surface area contributed by atoms with Crippen molar-refractivity contribution in [1.29, 1.82) is 0 Å². The summed E-state index contributed by atoms with van der Waals surface area (Å²) >= 11 is 5.78. The molecule has 1 N–H and O–H groups in total. The van der Waals surface area contributed by atoms with Crippen molar-refractivity contribution in [2.75, 3.05) is 13.2 Å². The Morgan fingerprint density at radius 2 is 1.85 bits per heavy atom. The minimum Gasteiger partial charge on any atom is -0.477 e. The van der Waals surface area contributed by atoms with Gasteiger partial charge >= 0.3 is 5.69 Å². The molecule has 4 saturated carbocycles. The molecule has 0 heterocycles. The van der Waals surface area contributed by atoms with E-state index in [-0.39, 0.29) is 34.4 Å². The molecule has 1 aromatic rings. The molecule has 0 atom stereocenters. The van der Waals surface area contributed by atoms with Crippen LogP contribution in [0.4, 0.5) is 5.69 Å². The molecule has 6 nitrogen and oxygen atoms in total. The van der Waals surface area contributed by atoms with Crippen molar-refractivity contribution in [3.05, 3.63) is 33.3 Å². The normalized spacial score (nSPS) is 31.7. The first kappa shape index (κ1) is 17.6.